The van der Waals surface area contributed by atoms with E-state index in [4.69, 9.17) is 11.6 Å². The number of halogens is 1. The van der Waals surface area contributed by atoms with Crippen molar-refractivity contribution in [3.8, 4) is 0 Å². The van der Waals surface area contributed by atoms with E-state index < -0.39 is 16.1 Å². The summed E-state index contributed by atoms with van der Waals surface area (Å²) < 4.78 is 27.1. The quantitative estimate of drug-likeness (QED) is 0.311. The van der Waals surface area contributed by atoms with Crippen LogP contribution >= 0.6 is 11.6 Å². The number of aliphatic hydroxyl groups is 1. The summed E-state index contributed by atoms with van der Waals surface area (Å²) in [5, 5.41) is 13.3. The van der Waals surface area contributed by atoms with Crippen molar-refractivity contribution in [2.45, 2.75) is 102 Å². The molecule has 1 aromatic carbocycles. The van der Waals surface area contributed by atoms with Crippen molar-refractivity contribution in [2.75, 3.05) is 6.54 Å². The summed E-state index contributed by atoms with van der Waals surface area (Å²) in [4.78, 5) is 12.3. The number of benzene rings is 1. The zero-order chi connectivity index (χ0) is 28.0. The molecule has 0 radical (unpaired) electrons. The predicted octanol–water partition coefficient (Wildman–Crippen LogP) is 6.76. The molecule has 8 heteroatoms. The zero-order valence-corrected chi connectivity index (χ0v) is 25.4. The van der Waals surface area contributed by atoms with Crippen LogP contribution in [-0.2, 0) is 10.0 Å². The van der Waals surface area contributed by atoms with E-state index in [1.165, 1.54) is 57.1 Å². The van der Waals surface area contributed by atoms with Gasteiger partial charge in [-0.3, -0.25) is 0 Å². The van der Waals surface area contributed by atoms with Crippen LogP contribution in [0.2, 0.25) is 5.02 Å². The van der Waals surface area contributed by atoms with Crippen LogP contribution in [0.5, 0.6) is 0 Å². The maximum atomic E-state index is 12.5. The number of hydrogen-bond donors (Lipinski definition) is 3. The topological polar surface area (TPSA) is 95.5 Å². The number of urea groups is 1. The second kappa shape index (κ2) is 11.2. The van der Waals surface area contributed by atoms with Gasteiger partial charge in [-0.25, -0.2) is 17.9 Å². The number of sulfonamides is 1. The van der Waals surface area contributed by atoms with Gasteiger partial charge in [0.25, 0.3) is 10.0 Å². The summed E-state index contributed by atoms with van der Waals surface area (Å²) in [6, 6.07) is 5.40. The Bertz CT molecular complexity index is 1160. The molecular formula is C31H47ClN2O4S. The zero-order valence-electron chi connectivity index (χ0n) is 23.8. The number of hydrogen-bond acceptors (Lipinski definition) is 4. The highest BCUT2D eigenvalue weighted by molar-refractivity contribution is 7.90. The molecule has 218 valence electrons. The highest BCUT2D eigenvalue weighted by atomic mass is 35.5. The van der Waals surface area contributed by atoms with Gasteiger partial charge in [0.05, 0.1) is 11.1 Å². The smallest absolute Gasteiger partial charge is 0.328 e. The van der Waals surface area contributed by atoms with Gasteiger partial charge >= 0.3 is 6.03 Å². The fourth-order valence-corrected chi connectivity index (χ4v) is 11.4. The van der Waals surface area contributed by atoms with Gasteiger partial charge < -0.3 is 10.4 Å². The minimum Gasteiger partial charge on any atom is -0.393 e. The molecule has 0 unspecified atom stereocenters. The Labute approximate surface area is 240 Å². The highest BCUT2D eigenvalue weighted by Crippen LogP contribution is 2.69. The molecule has 0 heterocycles. The standard InChI is InChI=1S/C31H47ClN2O4S/c1-4-20-18-23-24-12-11-21(30(24,2)16-14-25(23)31(3)15-13-22(35)19-26(20)31)8-7-17-33-29(36)34-39(37,38)28-10-6-5-9-27(28)32/h5-6,9-10,20-26,35H,4,7-8,11-19H2,1-3H3,(H2,33,34,36)/t20-,21-,22+,23-,24-,25-,26-,30+,31+/m0/s1. The minimum absolute atomic E-state index is 0.0883. The van der Waals surface area contributed by atoms with Gasteiger partial charge in [0.15, 0.2) is 0 Å². The van der Waals surface area contributed by atoms with E-state index in [1.807, 2.05) is 0 Å². The summed E-state index contributed by atoms with van der Waals surface area (Å²) >= 11 is 6.01. The van der Waals surface area contributed by atoms with Crippen LogP contribution in [0.3, 0.4) is 0 Å². The van der Waals surface area contributed by atoms with E-state index in [0.29, 0.717) is 29.2 Å². The molecule has 0 aliphatic heterocycles. The Morgan fingerprint density at radius 3 is 2.49 bits per heavy atom. The van der Waals surface area contributed by atoms with Crippen LogP contribution in [-0.4, -0.2) is 32.2 Å². The summed E-state index contributed by atoms with van der Waals surface area (Å²) in [6.45, 7) is 7.92. The number of nitrogens with one attached hydrogen (secondary N) is 2. The molecule has 0 spiro atoms. The lowest BCUT2D eigenvalue weighted by Gasteiger charge is -2.63. The maximum absolute atomic E-state index is 12.5. The fraction of sp³-hybridized carbons (Fsp3) is 0.774. The predicted molar refractivity (Wildman–Crippen MR) is 155 cm³/mol. The molecule has 9 atom stereocenters. The molecule has 4 fully saturated rings. The van der Waals surface area contributed by atoms with E-state index >= 15 is 0 Å². The third-order valence-corrected chi connectivity index (χ3v) is 13.7. The first-order chi connectivity index (χ1) is 18.5. The molecule has 1 aromatic rings. The maximum Gasteiger partial charge on any atom is 0.328 e. The van der Waals surface area contributed by atoms with Gasteiger partial charge in [-0.15, -0.1) is 0 Å². The monoisotopic (exact) mass is 578 g/mol. The molecule has 39 heavy (non-hydrogen) atoms. The largest absolute Gasteiger partial charge is 0.393 e. The van der Waals surface area contributed by atoms with Crippen molar-refractivity contribution < 1.29 is 18.3 Å². The molecule has 0 bridgehead atoms. The van der Waals surface area contributed by atoms with E-state index in [9.17, 15) is 18.3 Å². The van der Waals surface area contributed by atoms with Crippen molar-refractivity contribution in [1.29, 1.82) is 0 Å². The van der Waals surface area contributed by atoms with E-state index in [0.717, 1.165) is 49.4 Å². The van der Waals surface area contributed by atoms with Crippen molar-refractivity contribution in [3.63, 3.8) is 0 Å². The minimum atomic E-state index is -4.01. The first-order valence-corrected chi connectivity index (χ1v) is 17.1. The number of amides is 2. The van der Waals surface area contributed by atoms with E-state index in [-0.39, 0.29) is 16.0 Å². The average molecular weight is 579 g/mol. The van der Waals surface area contributed by atoms with Crippen LogP contribution in [0.1, 0.15) is 91.4 Å². The normalized spacial score (nSPS) is 39.8. The molecule has 2 amide bonds. The Morgan fingerprint density at radius 2 is 1.74 bits per heavy atom. The fourth-order valence-electron chi connectivity index (χ4n) is 9.94. The number of carbonyl (C=O) groups excluding carboxylic acids is 1. The lowest BCUT2D eigenvalue weighted by Crippen LogP contribution is -2.56. The van der Waals surface area contributed by atoms with Crippen LogP contribution in [0.4, 0.5) is 4.79 Å². The molecule has 6 nitrogen and oxygen atoms in total. The van der Waals surface area contributed by atoms with Crippen molar-refractivity contribution >= 4 is 27.7 Å². The summed E-state index contributed by atoms with van der Waals surface area (Å²) in [6.07, 6.45) is 12.7. The molecule has 3 N–H and O–H groups in total. The molecule has 4 aliphatic rings. The molecule has 4 saturated carbocycles. The number of aliphatic hydroxyl groups excluding tert-OH is 1. The highest BCUT2D eigenvalue weighted by Gasteiger charge is 2.61. The first kappa shape index (κ1) is 29.2. The van der Waals surface area contributed by atoms with E-state index in [2.05, 4.69) is 30.8 Å². The van der Waals surface area contributed by atoms with Crippen molar-refractivity contribution in [1.82, 2.24) is 10.0 Å². The van der Waals surface area contributed by atoms with Crippen LogP contribution in [0.25, 0.3) is 0 Å². The number of fused-ring (bicyclic) bond motifs is 5. The summed E-state index contributed by atoms with van der Waals surface area (Å²) in [7, 11) is -4.01. The number of carbonyl (C=O) groups is 1. The Kier molecular flexibility index (Phi) is 8.36. The van der Waals surface area contributed by atoms with E-state index in [1.54, 1.807) is 12.1 Å². The summed E-state index contributed by atoms with van der Waals surface area (Å²) in [5.74, 6) is 4.43. The van der Waals surface area contributed by atoms with Crippen LogP contribution < -0.4 is 10.0 Å². The Morgan fingerprint density at radius 1 is 1.03 bits per heavy atom. The second-order valence-corrected chi connectivity index (χ2v) is 15.6. The van der Waals surface area contributed by atoms with Gasteiger partial charge in [-0.05, 0) is 123 Å². The summed E-state index contributed by atoms with van der Waals surface area (Å²) in [5.41, 5.74) is 0.732. The second-order valence-electron chi connectivity index (χ2n) is 13.6. The van der Waals surface area contributed by atoms with Gasteiger partial charge in [0, 0.05) is 6.54 Å². The van der Waals surface area contributed by atoms with Crippen LogP contribution in [0, 0.1) is 46.3 Å². The molecule has 5 rings (SSSR count). The van der Waals surface area contributed by atoms with Gasteiger partial charge in [0.1, 0.15) is 4.90 Å². The molecule has 0 saturated heterocycles. The van der Waals surface area contributed by atoms with Crippen molar-refractivity contribution in [3.05, 3.63) is 29.3 Å². The molecule has 4 aliphatic carbocycles. The average Bonchev–Trinajstić information content (AvgIpc) is 3.23. The first-order valence-electron chi connectivity index (χ1n) is 15.2. The van der Waals surface area contributed by atoms with Gasteiger partial charge in [0.2, 0.25) is 0 Å². The Balaban J connectivity index is 1.16. The third kappa shape index (κ3) is 5.37. The lowest BCUT2D eigenvalue weighted by atomic mass is 9.42. The molecular weight excluding hydrogens is 532 g/mol. The third-order valence-electron chi connectivity index (χ3n) is 11.9. The van der Waals surface area contributed by atoms with Gasteiger partial charge in [-0.2, -0.15) is 0 Å². The SMILES string of the molecule is CC[C@H]1C[C@@H]2[C@H](CC[C@]3(C)[C@@H](CCCNC(=O)NS(=O)(=O)c4ccccc4Cl)CC[C@@H]23)[C@@]2(C)CC[C@@H](O)C[C@@H]12. The molecule has 0 aromatic heterocycles. The number of rotatable bonds is 7. The van der Waals surface area contributed by atoms with Crippen molar-refractivity contribution in [2.24, 2.45) is 46.3 Å². The van der Waals surface area contributed by atoms with Gasteiger partial charge in [-0.1, -0.05) is 50.9 Å². The Hall–Kier alpha value is -1.31. The van der Waals surface area contributed by atoms with Crippen LogP contribution in [0.15, 0.2) is 29.2 Å². The lowest BCUT2D eigenvalue weighted by molar-refractivity contribution is -0.150.